The number of hydrogen-bond acceptors (Lipinski definition) is 2. The molecular weight excluding hydrogens is 308 g/mol. The van der Waals surface area contributed by atoms with E-state index in [2.05, 4.69) is 27.6 Å². The monoisotopic (exact) mass is 319 g/mol. The van der Waals surface area contributed by atoms with Crippen molar-refractivity contribution in [2.24, 2.45) is 4.99 Å². The number of rotatable bonds is 1. The van der Waals surface area contributed by atoms with Gasteiger partial charge in [0.2, 0.25) is 5.90 Å². The van der Waals surface area contributed by atoms with Gasteiger partial charge in [0.05, 0.1) is 11.1 Å². The van der Waals surface area contributed by atoms with Crippen molar-refractivity contribution in [2.75, 3.05) is 6.61 Å². The molecule has 0 aromatic heterocycles. The number of hydrogen-bond donors (Lipinski definition) is 0. The first-order chi connectivity index (χ1) is 6.99. The number of benzene rings is 1. The Morgan fingerprint density at radius 3 is 2.73 bits per heavy atom. The van der Waals surface area contributed by atoms with Crippen molar-refractivity contribution in [2.45, 2.75) is 19.4 Å². The molecule has 2 nitrogen and oxygen atoms in total. The van der Waals surface area contributed by atoms with E-state index in [1.165, 1.54) is 6.07 Å². The first-order valence-electron chi connectivity index (χ1n) is 4.67. The maximum atomic E-state index is 13.6. The van der Waals surface area contributed by atoms with E-state index in [-0.39, 0.29) is 11.4 Å². The zero-order valence-electron chi connectivity index (χ0n) is 8.55. The van der Waals surface area contributed by atoms with E-state index in [0.29, 0.717) is 18.1 Å². The van der Waals surface area contributed by atoms with Crippen LogP contribution in [0.1, 0.15) is 19.4 Å². The second kappa shape index (κ2) is 3.73. The van der Waals surface area contributed by atoms with Crippen LogP contribution in [0.15, 0.2) is 23.2 Å². The van der Waals surface area contributed by atoms with Gasteiger partial charge in [-0.15, -0.1) is 0 Å². The third-order valence-electron chi connectivity index (χ3n) is 2.14. The number of halogens is 2. The topological polar surface area (TPSA) is 21.6 Å². The number of nitrogens with zero attached hydrogens (tertiary/aromatic N) is 1. The lowest BCUT2D eigenvalue weighted by atomic mass is 10.1. The summed E-state index contributed by atoms with van der Waals surface area (Å²) in [7, 11) is 0. The molecule has 15 heavy (non-hydrogen) atoms. The highest BCUT2D eigenvalue weighted by molar-refractivity contribution is 14.1. The largest absolute Gasteiger partial charge is 0.475 e. The predicted molar refractivity (Wildman–Crippen MR) is 65.7 cm³/mol. The Morgan fingerprint density at radius 1 is 1.47 bits per heavy atom. The fourth-order valence-electron chi connectivity index (χ4n) is 1.41. The zero-order valence-corrected chi connectivity index (χ0v) is 10.7. The maximum absolute atomic E-state index is 13.6. The summed E-state index contributed by atoms with van der Waals surface area (Å²) < 4.78 is 19.8. The minimum atomic E-state index is -0.279. The highest BCUT2D eigenvalue weighted by Gasteiger charge is 2.29. The second-order valence-electron chi connectivity index (χ2n) is 4.11. The molecule has 2 rings (SSSR count). The van der Waals surface area contributed by atoms with Gasteiger partial charge in [-0.05, 0) is 48.6 Å². The number of aliphatic imine (C=N–C) groups is 1. The van der Waals surface area contributed by atoms with E-state index >= 15 is 0 Å². The van der Waals surface area contributed by atoms with E-state index in [1.807, 2.05) is 19.9 Å². The van der Waals surface area contributed by atoms with Crippen molar-refractivity contribution < 1.29 is 9.13 Å². The Balaban J connectivity index is 2.48. The standard InChI is InChI=1S/C11H11FINO/c1-11(2)6-15-10(14-11)9-7(12)4-3-5-8(9)13/h3-5H,6H2,1-2H3. The van der Waals surface area contributed by atoms with Crippen LogP contribution >= 0.6 is 22.6 Å². The molecule has 1 aliphatic heterocycles. The van der Waals surface area contributed by atoms with Gasteiger partial charge in [-0.25, -0.2) is 9.38 Å². The van der Waals surface area contributed by atoms with Crippen molar-refractivity contribution in [3.05, 3.63) is 33.1 Å². The van der Waals surface area contributed by atoms with Crippen LogP contribution in [0.4, 0.5) is 4.39 Å². The van der Waals surface area contributed by atoms with Crippen LogP contribution < -0.4 is 0 Å². The Hall–Kier alpha value is -0.650. The van der Waals surface area contributed by atoms with Gasteiger partial charge in [-0.3, -0.25) is 0 Å². The maximum Gasteiger partial charge on any atom is 0.220 e. The van der Waals surface area contributed by atoms with E-state index in [1.54, 1.807) is 6.07 Å². The Labute approximate surface area is 102 Å². The lowest BCUT2D eigenvalue weighted by Crippen LogP contribution is -2.17. The molecule has 1 aromatic rings. The molecule has 1 heterocycles. The minimum absolute atomic E-state index is 0.249. The van der Waals surface area contributed by atoms with Gasteiger partial charge in [0, 0.05) is 3.57 Å². The van der Waals surface area contributed by atoms with Gasteiger partial charge in [-0.2, -0.15) is 0 Å². The lowest BCUT2D eigenvalue weighted by Gasteiger charge is -2.07. The van der Waals surface area contributed by atoms with E-state index in [0.717, 1.165) is 3.57 Å². The molecule has 80 valence electrons. The summed E-state index contributed by atoms with van der Waals surface area (Å²) in [6.45, 7) is 4.44. The first-order valence-corrected chi connectivity index (χ1v) is 5.74. The highest BCUT2D eigenvalue weighted by Crippen LogP contribution is 2.24. The minimum Gasteiger partial charge on any atom is -0.475 e. The van der Waals surface area contributed by atoms with Gasteiger partial charge in [-0.1, -0.05) is 6.07 Å². The third-order valence-corrected chi connectivity index (χ3v) is 3.04. The summed E-state index contributed by atoms with van der Waals surface area (Å²) >= 11 is 2.09. The quantitative estimate of drug-likeness (QED) is 0.729. The number of ether oxygens (including phenoxy) is 1. The second-order valence-corrected chi connectivity index (χ2v) is 5.28. The molecule has 1 aliphatic rings. The molecule has 0 atom stereocenters. The third kappa shape index (κ3) is 2.14. The van der Waals surface area contributed by atoms with Gasteiger partial charge in [0.15, 0.2) is 0 Å². The van der Waals surface area contributed by atoms with Gasteiger partial charge in [0.1, 0.15) is 12.4 Å². The molecule has 0 bridgehead atoms. The summed E-state index contributed by atoms with van der Waals surface area (Å²) in [6, 6.07) is 4.95. The molecule has 0 aliphatic carbocycles. The molecule has 1 aromatic carbocycles. The van der Waals surface area contributed by atoms with Gasteiger partial charge >= 0.3 is 0 Å². The molecule has 0 N–H and O–H groups in total. The van der Waals surface area contributed by atoms with Crippen LogP contribution in [-0.4, -0.2) is 18.0 Å². The Morgan fingerprint density at radius 2 is 2.20 bits per heavy atom. The summed E-state index contributed by atoms with van der Waals surface area (Å²) in [5.74, 6) is 0.140. The average molecular weight is 319 g/mol. The van der Waals surface area contributed by atoms with Crippen LogP contribution in [0.3, 0.4) is 0 Å². The summed E-state index contributed by atoms with van der Waals surface area (Å²) in [6.07, 6.45) is 0. The molecular formula is C11H11FINO. The highest BCUT2D eigenvalue weighted by atomic mass is 127. The smallest absolute Gasteiger partial charge is 0.220 e. The molecule has 0 fully saturated rings. The van der Waals surface area contributed by atoms with E-state index in [4.69, 9.17) is 4.74 Å². The molecule has 0 unspecified atom stereocenters. The Bertz CT molecular complexity index is 408. The molecule has 0 saturated heterocycles. The van der Waals surface area contributed by atoms with Crippen LogP contribution in [0.5, 0.6) is 0 Å². The van der Waals surface area contributed by atoms with E-state index in [9.17, 15) is 4.39 Å². The van der Waals surface area contributed by atoms with Crippen LogP contribution in [0.2, 0.25) is 0 Å². The van der Waals surface area contributed by atoms with Crippen molar-refractivity contribution in [3.63, 3.8) is 0 Å². The van der Waals surface area contributed by atoms with Crippen molar-refractivity contribution in [1.82, 2.24) is 0 Å². The Kier molecular flexibility index (Phi) is 2.70. The summed E-state index contributed by atoms with van der Waals surface area (Å²) in [4.78, 5) is 4.36. The normalized spacial score (nSPS) is 18.5. The summed E-state index contributed by atoms with van der Waals surface area (Å²) in [5, 5.41) is 0. The first kappa shape index (κ1) is 10.9. The fraction of sp³-hybridized carbons (Fsp3) is 0.364. The van der Waals surface area contributed by atoms with Crippen molar-refractivity contribution >= 4 is 28.5 Å². The van der Waals surface area contributed by atoms with Crippen LogP contribution in [0, 0.1) is 9.39 Å². The predicted octanol–water partition coefficient (Wildman–Crippen LogP) is 2.99. The van der Waals surface area contributed by atoms with Crippen LogP contribution in [0.25, 0.3) is 0 Å². The van der Waals surface area contributed by atoms with E-state index < -0.39 is 0 Å². The van der Waals surface area contributed by atoms with Crippen molar-refractivity contribution in [3.8, 4) is 0 Å². The van der Waals surface area contributed by atoms with Gasteiger partial charge < -0.3 is 4.74 Å². The van der Waals surface area contributed by atoms with Crippen molar-refractivity contribution in [1.29, 1.82) is 0 Å². The van der Waals surface area contributed by atoms with Gasteiger partial charge in [0.25, 0.3) is 0 Å². The average Bonchev–Trinajstić information content (AvgIpc) is 2.46. The fourth-order valence-corrected chi connectivity index (χ4v) is 2.11. The zero-order chi connectivity index (χ0) is 11.1. The molecule has 0 radical (unpaired) electrons. The lowest BCUT2D eigenvalue weighted by molar-refractivity contribution is 0.279. The molecule has 0 saturated carbocycles. The molecule has 0 amide bonds. The van der Waals surface area contributed by atoms with Crippen LogP contribution in [-0.2, 0) is 4.74 Å². The molecule has 0 spiro atoms. The SMILES string of the molecule is CC1(C)COC(c2c(F)cccc2I)=N1. The molecule has 4 heteroatoms. The summed E-state index contributed by atoms with van der Waals surface area (Å²) in [5.41, 5.74) is 0.226.